The lowest BCUT2D eigenvalue weighted by atomic mass is 10.0. The Morgan fingerprint density at radius 3 is 1.12 bits per heavy atom. The van der Waals surface area contributed by atoms with Gasteiger partial charge in [-0.05, 0) is 71.2 Å². The van der Waals surface area contributed by atoms with Gasteiger partial charge in [-0.25, -0.2) is 0 Å². The molecule has 0 saturated heterocycles. The van der Waals surface area contributed by atoms with E-state index in [9.17, 15) is 0 Å². The van der Waals surface area contributed by atoms with Gasteiger partial charge < -0.3 is 25.4 Å². The second-order valence-electron chi connectivity index (χ2n) is 15.5. The van der Waals surface area contributed by atoms with Gasteiger partial charge >= 0.3 is 0 Å². The second kappa shape index (κ2) is 46.8. The van der Waals surface area contributed by atoms with Crippen LogP contribution in [-0.4, -0.2) is 65.2 Å². The molecule has 5 heteroatoms. The lowest BCUT2D eigenvalue weighted by Gasteiger charge is -2.19. The van der Waals surface area contributed by atoms with Gasteiger partial charge in [0.2, 0.25) is 0 Å². The number of ether oxygens (including phenoxy) is 2. The average Bonchev–Trinajstić information content (AvgIpc) is 3.13. The molecule has 0 aliphatic rings. The van der Waals surface area contributed by atoms with E-state index in [1.807, 2.05) is 0 Å². The summed E-state index contributed by atoms with van der Waals surface area (Å²) in [6.07, 6.45) is 44.2. The lowest BCUT2D eigenvalue weighted by molar-refractivity contribution is -0.0175. The van der Waals surface area contributed by atoms with Crippen LogP contribution >= 0.6 is 0 Å². The van der Waals surface area contributed by atoms with Crippen molar-refractivity contribution in [1.29, 1.82) is 0 Å². The first-order valence-corrected chi connectivity index (χ1v) is 23.2. The van der Waals surface area contributed by atoms with Gasteiger partial charge in [-0.3, -0.25) is 0 Å². The van der Waals surface area contributed by atoms with E-state index >= 15 is 0 Å². The van der Waals surface area contributed by atoms with E-state index < -0.39 is 0 Å². The van der Waals surface area contributed by atoms with Gasteiger partial charge in [-0.15, -0.1) is 0 Å². The Balaban J connectivity index is 3.91. The summed E-state index contributed by atoms with van der Waals surface area (Å²) in [5.74, 6) is 0. The van der Waals surface area contributed by atoms with Gasteiger partial charge in [0.1, 0.15) is 0 Å². The van der Waals surface area contributed by atoms with Crippen LogP contribution in [0.3, 0.4) is 0 Å². The zero-order chi connectivity index (χ0) is 36.1. The van der Waals surface area contributed by atoms with E-state index in [2.05, 4.69) is 36.7 Å². The highest BCUT2D eigenvalue weighted by atomic mass is 16.5. The fourth-order valence-corrected chi connectivity index (χ4v) is 6.85. The van der Waals surface area contributed by atoms with Gasteiger partial charge in [-0.2, -0.15) is 0 Å². The molecule has 0 heterocycles. The summed E-state index contributed by atoms with van der Waals surface area (Å²) in [5, 5.41) is 10.7. The fourth-order valence-electron chi connectivity index (χ4n) is 6.85. The summed E-state index contributed by atoms with van der Waals surface area (Å²) in [4.78, 5) is 0. The monoisotopic (exact) mass is 710 g/mol. The molecule has 302 valence electrons. The van der Waals surface area contributed by atoms with Crippen LogP contribution in [-0.2, 0) is 9.47 Å². The van der Waals surface area contributed by atoms with E-state index in [1.165, 1.54) is 205 Å². The SMILES string of the molecule is CCCCCCCCCCCCCCCCOCC(CNCCCCNCCCNCCC)OCCCCCCCCCCCCCCCC. The van der Waals surface area contributed by atoms with Crippen molar-refractivity contribution in [2.45, 2.75) is 232 Å². The predicted octanol–water partition coefficient (Wildman–Crippen LogP) is 12.7. The van der Waals surface area contributed by atoms with Crippen LogP contribution in [0, 0.1) is 0 Å². The van der Waals surface area contributed by atoms with E-state index in [0.29, 0.717) is 0 Å². The molecule has 3 N–H and O–H groups in total. The molecule has 0 aliphatic heterocycles. The number of hydrogen-bond acceptors (Lipinski definition) is 5. The van der Waals surface area contributed by atoms with E-state index in [-0.39, 0.29) is 6.10 Å². The molecular formula is C45H95N3O2. The molecule has 1 atom stereocenters. The highest BCUT2D eigenvalue weighted by Gasteiger charge is 2.09. The smallest absolute Gasteiger partial charge is 0.0932 e. The number of rotatable bonds is 46. The fraction of sp³-hybridized carbons (Fsp3) is 1.00. The van der Waals surface area contributed by atoms with Crippen LogP contribution in [0.5, 0.6) is 0 Å². The van der Waals surface area contributed by atoms with Crippen LogP contribution in [0.2, 0.25) is 0 Å². The molecule has 0 fully saturated rings. The van der Waals surface area contributed by atoms with Crippen molar-refractivity contribution < 1.29 is 9.47 Å². The first-order valence-electron chi connectivity index (χ1n) is 23.2. The quantitative estimate of drug-likeness (QED) is 0.0549. The van der Waals surface area contributed by atoms with Crippen molar-refractivity contribution in [3.8, 4) is 0 Å². The number of hydrogen-bond donors (Lipinski definition) is 3. The van der Waals surface area contributed by atoms with Crippen molar-refractivity contribution >= 4 is 0 Å². The van der Waals surface area contributed by atoms with Gasteiger partial charge in [-0.1, -0.05) is 188 Å². The zero-order valence-corrected chi connectivity index (χ0v) is 34.9. The molecule has 50 heavy (non-hydrogen) atoms. The molecule has 1 unspecified atom stereocenters. The Kier molecular flexibility index (Phi) is 46.6. The minimum absolute atomic E-state index is 0.178. The Morgan fingerprint density at radius 1 is 0.320 bits per heavy atom. The van der Waals surface area contributed by atoms with Gasteiger partial charge in [0, 0.05) is 19.8 Å². The summed E-state index contributed by atoms with van der Waals surface area (Å²) >= 11 is 0. The van der Waals surface area contributed by atoms with E-state index in [4.69, 9.17) is 9.47 Å². The maximum Gasteiger partial charge on any atom is 0.0932 e. The minimum Gasteiger partial charge on any atom is -0.379 e. The molecule has 0 spiro atoms. The Bertz CT molecular complexity index is 579. The third kappa shape index (κ3) is 44.0. The summed E-state index contributed by atoms with van der Waals surface area (Å²) < 4.78 is 12.5. The predicted molar refractivity (Wildman–Crippen MR) is 224 cm³/mol. The normalized spacial score (nSPS) is 12.3. The number of unbranched alkanes of at least 4 members (excludes halogenated alkanes) is 27. The first-order chi connectivity index (χ1) is 24.8. The molecule has 0 saturated carbocycles. The van der Waals surface area contributed by atoms with Crippen molar-refractivity contribution in [2.75, 3.05) is 59.1 Å². The van der Waals surface area contributed by atoms with Gasteiger partial charge in [0.05, 0.1) is 12.7 Å². The minimum atomic E-state index is 0.178. The zero-order valence-electron chi connectivity index (χ0n) is 34.9. The third-order valence-corrected chi connectivity index (χ3v) is 10.3. The Labute approximate surface area is 316 Å². The molecule has 0 aromatic rings. The van der Waals surface area contributed by atoms with E-state index in [0.717, 1.165) is 59.1 Å². The van der Waals surface area contributed by atoms with Gasteiger partial charge in [0.25, 0.3) is 0 Å². The summed E-state index contributed by atoms with van der Waals surface area (Å²) in [6, 6.07) is 0. The maximum absolute atomic E-state index is 6.37. The van der Waals surface area contributed by atoms with Crippen LogP contribution < -0.4 is 16.0 Å². The van der Waals surface area contributed by atoms with Gasteiger partial charge in [0.15, 0.2) is 0 Å². The molecule has 5 nitrogen and oxygen atoms in total. The van der Waals surface area contributed by atoms with Crippen molar-refractivity contribution in [3.05, 3.63) is 0 Å². The van der Waals surface area contributed by atoms with Crippen LogP contribution in [0.1, 0.15) is 226 Å². The maximum atomic E-state index is 6.37. The van der Waals surface area contributed by atoms with E-state index in [1.54, 1.807) is 0 Å². The van der Waals surface area contributed by atoms with Crippen LogP contribution in [0.25, 0.3) is 0 Å². The highest BCUT2D eigenvalue weighted by Crippen LogP contribution is 2.14. The Morgan fingerprint density at radius 2 is 0.680 bits per heavy atom. The van der Waals surface area contributed by atoms with Crippen molar-refractivity contribution in [3.63, 3.8) is 0 Å². The average molecular weight is 710 g/mol. The summed E-state index contributed by atoms with van der Waals surface area (Å²) in [7, 11) is 0. The second-order valence-corrected chi connectivity index (χ2v) is 15.5. The lowest BCUT2D eigenvalue weighted by Crippen LogP contribution is -2.34. The molecule has 0 aromatic heterocycles. The molecule has 0 aliphatic carbocycles. The summed E-state index contributed by atoms with van der Waals surface area (Å²) in [5.41, 5.74) is 0. The Hall–Kier alpha value is -0.200. The van der Waals surface area contributed by atoms with Crippen molar-refractivity contribution in [2.24, 2.45) is 0 Å². The van der Waals surface area contributed by atoms with Crippen LogP contribution in [0.15, 0.2) is 0 Å². The molecule has 0 aromatic carbocycles. The molecular weight excluding hydrogens is 615 g/mol. The molecule has 0 radical (unpaired) electrons. The standard InChI is InChI=1S/C45H95N3O2/c1-4-7-9-11-13-15-17-19-21-23-25-27-29-33-41-49-44-45(43-48-38-32-31-37-47-40-35-39-46-36-6-3)50-42-34-30-28-26-24-22-20-18-16-14-12-10-8-5-2/h45-48H,4-44H2,1-3H3. The van der Waals surface area contributed by atoms with Crippen molar-refractivity contribution in [1.82, 2.24) is 16.0 Å². The first kappa shape index (κ1) is 49.8. The molecule has 0 amide bonds. The molecule has 0 bridgehead atoms. The third-order valence-electron chi connectivity index (χ3n) is 10.3. The topological polar surface area (TPSA) is 54.5 Å². The number of nitrogens with one attached hydrogen (secondary N) is 3. The summed E-state index contributed by atoms with van der Waals surface area (Å²) in [6.45, 7) is 15.8. The highest BCUT2D eigenvalue weighted by molar-refractivity contribution is 4.63. The largest absolute Gasteiger partial charge is 0.379 e. The van der Waals surface area contributed by atoms with Crippen LogP contribution in [0.4, 0.5) is 0 Å². The molecule has 0 rings (SSSR count).